The van der Waals surface area contributed by atoms with E-state index in [2.05, 4.69) is 41.3 Å². The van der Waals surface area contributed by atoms with Gasteiger partial charge in [0.2, 0.25) is 5.91 Å². The second-order valence-electron chi connectivity index (χ2n) is 16.3. The van der Waals surface area contributed by atoms with Crippen molar-refractivity contribution < 1.29 is 24.3 Å². The highest BCUT2D eigenvalue weighted by atomic mass is 16.7. The molecule has 4 fully saturated rings. The summed E-state index contributed by atoms with van der Waals surface area (Å²) in [5, 5.41) is 19.2. The minimum absolute atomic E-state index is 0.0724. The zero-order valence-electron chi connectivity index (χ0n) is 32.3. The van der Waals surface area contributed by atoms with Crippen molar-refractivity contribution in [3.8, 4) is 16.9 Å². The number of pyridine rings is 1. The number of amides is 2. The van der Waals surface area contributed by atoms with Gasteiger partial charge in [0.05, 0.1) is 25.9 Å². The van der Waals surface area contributed by atoms with Crippen molar-refractivity contribution in [2.45, 2.75) is 83.8 Å². The Hall–Kier alpha value is -3.87. The van der Waals surface area contributed by atoms with Crippen LogP contribution in [0.25, 0.3) is 11.1 Å². The molecule has 3 aromatic rings. The summed E-state index contributed by atoms with van der Waals surface area (Å²) in [4.78, 5) is 40.8. The van der Waals surface area contributed by atoms with E-state index in [4.69, 9.17) is 15.3 Å². The van der Waals surface area contributed by atoms with Crippen LogP contribution in [0.15, 0.2) is 66.9 Å². The second-order valence-corrected chi connectivity index (χ2v) is 16.3. The summed E-state index contributed by atoms with van der Waals surface area (Å²) < 4.78 is 6.04. The molecule has 286 valence electrons. The average molecular weight is 727 g/mol. The Morgan fingerprint density at radius 3 is 2.55 bits per heavy atom. The number of aliphatic hydroxyl groups is 1. The van der Waals surface area contributed by atoms with E-state index < -0.39 is 24.2 Å². The molecule has 7 rings (SSSR count). The lowest BCUT2D eigenvalue weighted by molar-refractivity contribution is -0.175. The summed E-state index contributed by atoms with van der Waals surface area (Å²) in [7, 11) is 5.59. The van der Waals surface area contributed by atoms with E-state index in [1.54, 1.807) is 25.3 Å². The highest BCUT2D eigenvalue weighted by Crippen LogP contribution is 2.61. The maximum absolute atomic E-state index is 14.2. The number of rotatable bonds is 14. The molecule has 3 saturated carbocycles. The molecule has 11 heteroatoms. The number of aromatic nitrogens is 1. The Bertz CT molecular complexity index is 1730. The lowest BCUT2D eigenvalue weighted by atomic mass is 9.45. The Morgan fingerprint density at radius 2 is 1.91 bits per heavy atom. The number of hydroxylamine groups is 2. The Balaban J connectivity index is 1.23. The highest BCUT2D eigenvalue weighted by Gasteiger charge is 2.57. The molecule has 0 spiro atoms. The number of aliphatic hydroxyl groups excluding tert-OH is 1. The molecule has 1 aromatic heterocycles. The molecule has 9 atom stereocenters. The first-order chi connectivity index (χ1) is 25.3. The molecule has 2 aromatic carbocycles. The largest absolute Gasteiger partial charge is 0.496 e. The number of para-hydroxylation sites is 1. The van der Waals surface area contributed by atoms with E-state index in [9.17, 15) is 14.7 Å². The van der Waals surface area contributed by atoms with Gasteiger partial charge in [0, 0.05) is 66.1 Å². The standard InChI is InChI=1S/C42H58N6O5/c1-25-34-19-30(42(34,3)4)20-35(25)46-41(51)38-37(26(2)49)36(22-43)53-48(38)23-29-14-11-16-33(39(29)52-7)27-12-10-13-28(18-27)40(50)45-32(24-47(5)6)21-31-15-8-9-17-44-31/h8-18,25-26,30,32,34-38,49H,19-24,43H2,1-7H3,(H,45,50)(H,46,51)/t25-,26-,30+,32-,34-,35-,36-,37+,38-/m0/s1. The molecule has 2 amide bonds. The van der Waals surface area contributed by atoms with E-state index in [0.29, 0.717) is 47.4 Å². The van der Waals surface area contributed by atoms with Crippen molar-refractivity contribution in [2.24, 2.45) is 34.8 Å². The van der Waals surface area contributed by atoms with Crippen molar-refractivity contribution in [3.05, 3.63) is 83.7 Å². The minimum atomic E-state index is -0.816. The third-order valence-corrected chi connectivity index (χ3v) is 12.3. The molecular formula is C42H58N6O5. The van der Waals surface area contributed by atoms with E-state index in [0.717, 1.165) is 28.8 Å². The third-order valence-electron chi connectivity index (χ3n) is 12.3. The topological polar surface area (TPSA) is 142 Å². The highest BCUT2D eigenvalue weighted by molar-refractivity contribution is 5.96. The van der Waals surface area contributed by atoms with Crippen LogP contribution in [-0.2, 0) is 22.6 Å². The quantitative estimate of drug-likeness (QED) is 0.192. The normalized spacial score (nSPS) is 27.5. The smallest absolute Gasteiger partial charge is 0.251 e. The SMILES string of the molecule is COc1c(CN2O[C@@H](CN)[C@@H]([C@H](C)O)[C@H]2C(=O)N[C@H]2C[C@H]3C[C@@H]([C@@H]2C)C3(C)C)cccc1-c1cccc(C(=O)N[C@@H](Cc2ccccn2)CN(C)C)c1. The monoisotopic (exact) mass is 726 g/mol. The maximum atomic E-state index is 14.2. The summed E-state index contributed by atoms with van der Waals surface area (Å²) in [6.07, 6.45) is 3.21. The fourth-order valence-corrected chi connectivity index (χ4v) is 9.35. The van der Waals surface area contributed by atoms with Gasteiger partial charge in [-0.15, -0.1) is 0 Å². The summed E-state index contributed by atoms with van der Waals surface area (Å²) in [5.41, 5.74) is 10.3. The number of nitrogens with two attached hydrogens (primary N) is 1. The Kier molecular flexibility index (Phi) is 11.9. The van der Waals surface area contributed by atoms with Gasteiger partial charge in [-0.25, -0.2) is 0 Å². The first-order valence-electron chi connectivity index (χ1n) is 19.1. The number of carbonyl (C=O) groups is 2. The van der Waals surface area contributed by atoms with Crippen molar-refractivity contribution in [1.82, 2.24) is 25.6 Å². The van der Waals surface area contributed by atoms with Gasteiger partial charge >= 0.3 is 0 Å². The number of ether oxygens (including phenoxy) is 1. The molecule has 2 bridgehead atoms. The first kappa shape index (κ1) is 38.8. The van der Waals surface area contributed by atoms with Crippen LogP contribution in [0.2, 0.25) is 0 Å². The zero-order valence-corrected chi connectivity index (χ0v) is 32.3. The molecule has 1 aliphatic heterocycles. The van der Waals surface area contributed by atoms with E-state index in [1.165, 1.54) is 6.42 Å². The van der Waals surface area contributed by atoms with E-state index >= 15 is 0 Å². The molecule has 1 saturated heterocycles. The summed E-state index contributed by atoms with van der Waals surface area (Å²) in [6, 6.07) is 18.4. The van der Waals surface area contributed by atoms with Gasteiger partial charge in [0.25, 0.3) is 5.91 Å². The number of hydrogen-bond donors (Lipinski definition) is 4. The number of benzene rings is 2. The van der Waals surface area contributed by atoms with E-state index in [1.807, 2.05) is 74.8 Å². The van der Waals surface area contributed by atoms with Gasteiger partial charge < -0.3 is 31.1 Å². The van der Waals surface area contributed by atoms with Crippen LogP contribution >= 0.6 is 0 Å². The van der Waals surface area contributed by atoms with Gasteiger partial charge in [-0.1, -0.05) is 57.2 Å². The van der Waals surface area contributed by atoms with Gasteiger partial charge in [-0.05, 0) is 86.9 Å². The lowest BCUT2D eigenvalue weighted by Crippen LogP contribution is -2.62. The van der Waals surface area contributed by atoms with Crippen LogP contribution in [-0.4, -0.2) is 96.5 Å². The fraction of sp³-hybridized carbons (Fsp3) is 0.548. The van der Waals surface area contributed by atoms with Crippen LogP contribution in [0.4, 0.5) is 0 Å². The zero-order chi connectivity index (χ0) is 38.0. The van der Waals surface area contributed by atoms with Crippen LogP contribution in [0.5, 0.6) is 5.75 Å². The van der Waals surface area contributed by atoms with Gasteiger partial charge in [-0.3, -0.25) is 19.4 Å². The molecule has 3 aliphatic carbocycles. The predicted octanol–water partition coefficient (Wildman–Crippen LogP) is 4.29. The maximum Gasteiger partial charge on any atom is 0.251 e. The number of carbonyl (C=O) groups excluding carboxylic acids is 2. The number of hydrogen-bond acceptors (Lipinski definition) is 9. The Morgan fingerprint density at radius 1 is 1.13 bits per heavy atom. The average Bonchev–Trinajstić information content (AvgIpc) is 3.51. The number of fused-ring (bicyclic) bond motifs is 2. The molecule has 11 nitrogen and oxygen atoms in total. The molecular weight excluding hydrogens is 668 g/mol. The number of nitrogens with one attached hydrogen (secondary N) is 2. The summed E-state index contributed by atoms with van der Waals surface area (Å²) in [5.74, 6) is 1.32. The number of nitrogens with zero attached hydrogens (tertiary/aromatic N) is 3. The second kappa shape index (κ2) is 16.2. The molecule has 4 aliphatic rings. The predicted molar refractivity (Wildman–Crippen MR) is 206 cm³/mol. The van der Waals surface area contributed by atoms with Crippen LogP contribution in [0.3, 0.4) is 0 Å². The van der Waals surface area contributed by atoms with Crippen molar-refractivity contribution in [3.63, 3.8) is 0 Å². The molecule has 53 heavy (non-hydrogen) atoms. The summed E-state index contributed by atoms with van der Waals surface area (Å²) >= 11 is 0. The van der Waals surface area contributed by atoms with Gasteiger partial charge in [0.15, 0.2) is 0 Å². The van der Waals surface area contributed by atoms with Crippen LogP contribution < -0.4 is 21.1 Å². The van der Waals surface area contributed by atoms with Crippen molar-refractivity contribution in [1.29, 1.82) is 0 Å². The van der Waals surface area contributed by atoms with Crippen molar-refractivity contribution >= 4 is 11.8 Å². The molecule has 0 unspecified atom stereocenters. The molecule has 5 N–H and O–H groups in total. The van der Waals surface area contributed by atoms with Crippen molar-refractivity contribution in [2.75, 3.05) is 34.3 Å². The van der Waals surface area contributed by atoms with Gasteiger partial charge in [0.1, 0.15) is 11.8 Å². The van der Waals surface area contributed by atoms with Gasteiger partial charge in [-0.2, -0.15) is 5.06 Å². The third kappa shape index (κ3) is 8.15. The molecule has 0 radical (unpaired) electrons. The molecule has 2 heterocycles. The Labute approximate surface area is 314 Å². The number of methoxy groups -OCH3 is 1. The first-order valence-corrected chi connectivity index (χ1v) is 19.1. The minimum Gasteiger partial charge on any atom is -0.496 e. The fourth-order valence-electron chi connectivity index (χ4n) is 9.35. The lowest BCUT2D eigenvalue weighted by Gasteiger charge is -2.62. The number of likely N-dealkylation sites (N-methyl/N-ethyl adjacent to an activating group) is 1. The van der Waals surface area contributed by atoms with Crippen LogP contribution in [0.1, 0.15) is 62.2 Å². The van der Waals surface area contributed by atoms with Crippen LogP contribution in [0, 0.1) is 29.1 Å². The van der Waals surface area contributed by atoms with E-state index in [-0.39, 0.29) is 37.0 Å². The summed E-state index contributed by atoms with van der Waals surface area (Å²) in [6.45, 7) is 9.71.